The lowest BCUT2D eigenvalue weighted by Gasteiger charge is -2.50. The Hall–Kier alpha value is -1.42. The average Bonchev–Trinajstić information content (AvgIpc) is 3.07. The fourth-order valence-corrected chi connectivity index (χ4v) is 7.04. The molecule has 4 aliphatic carbocycles. The first kappa shape index (κ1) is 21.8. The molecule has 2 saturated carbocycles. The largest absolute Gasteiger partial charge is 0.469 e. The van der Waals surface area contributed by atoms with E-state index in [1.54, 1.807) is 5.57 Å². The number of esters is 1. The van der Waals surface area contributed by atoms with Gasteiger partial charge >= 0.3 is 5.97 Å². The SMILES string of the molecule is COC(=O)C(C)CCCOC1CCC2C3CC4CCC(=O)C=C4C(C)=C3CCC12C. The molecule has 6 atom stereocenters. The van der Waals surface area contributed by atoms with Crippen molar-refractivity contribution in [2.24, 2.45) is 29.1 Å². The molecule has 0 radical (unpaired) electrons. The molecule has 0 aliphatic heterocycles. The number of rotatable bonds is 6. The van der Waals surface area contributed by atoms with Crippen LogP contribution in [0.1, 0.15) is 78.6 Å². The minimum Gasteiger partial charge on any atom is -0.469 e. The van der Waals surface area contributed by atoms with E-state index in [4.69, 9.17) is 9.47 Å². The number of ketones is 1. The van der Waals surface area contributed by atoms with Gasteiger partial charge in [-0.3, -0.25) is 9.59 Å². The number of hydrogen-bond acceptors (Lipinski definition) is 4. The fourth-order valence-electron chi connectivity index (χ4n) is 7.04. The summed E-state index contributed by atoms with van der Waals surface area (Å²) in [5.41, 5.74) is 4.69. The van der Waals surface area contributed by atoms with Gasteiger partial charge < -0.3 is 9.47 Å². The molecule has 4 aliphatic rings. The van der Waals surface area contributed by atoms with Crippen molar-refractivity contribution in [1.29, 1.82) is 0 Å². The van der Waals surface area contributed by atoms with Crippen molar-refractivity contribution in [2.45, 2.75) is 84.7 Å². The second-order valence-electron chi connectivity index (χ2n) is 10.4. The molecule has 0 spiro atoms. The molecular weight excluding hydrogens is 376 g/mol. The van der Waals surface area contributed by atoms with Crippen molar-refractivity contribution in [3.63, 3.8) is 0 Å². The standard InChI is InChI=1S/C26H38O4/c1-16(25(28)29-4)6-5-13-30-24-10-9-23-22-14-18-7-8-19(27)15-21(18)17(2)20(22)11-12-26(23,24)3/h15-16,18,22-24H,5-14H2,1-4H3. The molecule has 4 nitrogen and oxygen atoms in total. The second-order valence-corrected chi connectivity index (χ2v) is 10.4. The van der Waals surface area contributed by atoms with Crippen molar-refractivity contribution < 1.29 is 19.1 Å². The molecule has 0 aromatic carbocycles. The summed E-state index contributed by atoms with van der Waals surface area (Å²) >= 11 is 0. The Morgan fingerprint density at radius 1 is 1.27 bits per heavy atom. The van der Waals surface area contributed by atoms with Gasteiger partial charge in [0, 0.05) is 13.0 Å². The summed E-state index contributed by atoms with van der Waals surface area (Å²) < 4.78 is 11.3. The van der Waals surface area contributed by atoms with E-state index in [0.717, 1.165) is 45.1 Å². The highest BCUT2D eigenvalue weighted by atomic mass is 16.5. The zero-order chi connectivity index (χ0) is 21.5. The molecule has 0 heterocycles. The monoisotopic (exact) mass is 414 g/mol. The topological polar surface area (TPSA) is 52.6 Å². The molecule has 4 rings (SSSR count). The predicted octanol–water partition coefficient (Wildman–Crippen LogP) is 5.41. The molecule has 0 N–H and O–H groups in total. The quantitative estimate of drug-likeness (QED) is 0.431. The molecule has 6 unspecified atom stereocenters. The van der Waals surface area contributed by atoms with Gasteiger partial charge in [-0.15, -0.1) is 0 Å². The summed E-state index contributed by atoms with van der Waals surface area (Å²) in [6.45, 7) is 7.40. The van der Waals surface area contributed by atoms with Crippen molar-refractivity contribution in [1.82, 2.24) is 0 Å². The first-order valence-electron chi connectivity index (χ1n) is 12.0. The summed E-state index contributed by atoms with van der Waals surface area (Å²) in [5.74, 6) is 2.10. The lowest BCUT2D eigenvalue weighted by Crippen LogP contribution is -2.44. The van der Waals surface area contributed by atoms with E-state index in [9.17, 15) is 9.59 Å². The van der Waals surface area contributed by atoms with Crippen LogP contribution < -0.4 is 0 Å². The molecule has 0 bridgehead atoms. The highest BCUT2D eigenvalue weighted by molar-refractivity contribution is 5.92. The number of carbonyl (C=O) groups excluding carboxylic acids is 2. The zero-order valence-corrected chi connectivity index (χ0v) is 19.2. The lowest BCUT2D eigenvalue weighted by atomic mass is 9.56. The number of ether oxygens (including phenoxy) is 2. The maximum Gasteiger partial charge on any atom is 0.308 e. The van der Waals surface area contributed by atoms with Crippen LogP contribution in [0.3, 0.4) is 0 Å². The summed E-state index contributed by atoms with van der Waals surface area (Å²) in [6, 6.07) is 0. The van der Waals surface area contributed by atoms with Gasteiger partial charge in [0.25, 0.3) is 0 Å². The van der Waals surface area contributed by atoms with E-state index in [2.05, 4.69) is 13.8 Å². The Kier molecular flexibility index (Phi) is 6.25. The molecule has 4 heteroatoms. The van der Waals surface area contributed by atoms with Crippen LogP contribution in [0.5, 0.6) is 0 Å². The molecular formula is C26H38O4. The maximum absolute atomic E-state index is 12.0. The summed E-state index contributed by atoms with van der Waals surface area (Å²) in [4.78, 5) is 23.6. The Morgan fingerprint density at radius 2 is 2.07 bits per heavy atom. The average molecular weight is 415 g/mol. The number of hydrogen-bond donors (Lipinski definition) is 0. The zero-order valence-electron chi connectivity index (χ0n) is 19.2. The minimum atomic E-state index is -0.125. The Labute approximate surface area is 181 Å². The van der Waals surface area contributed by atoms with Gasteiger partial charge in [-0.05, 0) is 98.7 Å². The molecule has 0 saturated heterocycles. The summed E-state index contributed by atoms with van der Waals surface area (Å²) in [5, 5.41) is 0. The number of carbonyl (C=O) groups is 2. The van der Waals surface area contributed by atoms with E-state index < -0.39 is 0 Å². The number of fused-ring (bicyclic) bond motifs is 4. The summed E-state index contributed by atoms with van der Waals surface area (Å²) in [7, 11) is 1.46. The van der Waals surface area contributed by atoms with Crippen LogP contribution in [0, 0.1) is 29.1 Å². The van der Waals surface area contributed by atoms with Crippen molar-refractivity contribution >= 4 is 11.8 Å². The molecule has 30 heavy (non-hydrogen) atoms. The van der Waals surface area contributed by atoms with Crippen LogP contribution in [0.2, 0.25) is 0 Å². The van der Waals surface area contributed by atoms with Gasteiger partial charge in [0.2, 0.25) is 0 Å². The van der Waals surface area contributed by atoms with Crippen molar-refractivity contribution in [2.75, 3.05) is 13.7 Å². The van der Waals surface area contributed by atoms with Gasteiger partial charge in [0.05, 0.1) is 19.1 Å². The Morgan fingerprint density at radius 3 is 2.83 bits per heavy atom. The number of allylic oxidation sites excluding steroid dienone is 4. The fraction of sp³-hybridized carbons (Fsp3) is 0.769. The van der Waals surface area contributed by atoms with Crippen molar-refractivity contribution in [3.05, 3.63) is 22.8 Å². The third-order valence-corrected chi connectivity index (χ3v) is 8.84. The van der Waals surface area contributed by atoms with Crippen LogP contribution in [-0.4, -0.2) is 31.6 Å². The van der Waals surface area contributed by atoms with E-state index in [0.29, 0.717) is 29.6 Å². The summed E-state index contributed by atoms with van der Waals surface area (Å²) in [6.07, 6.45) is 11.8. The van der Waals surface area contributed by atoms with E-state index >= 15 is 0 Å². The molecule has 0 aromatic rings. The van der Waals surface area contributed by atoms with Gasteiger partial charge in [-0.25, -0.2) is 0 Å². The lowest BCUT2D eigenvalue weighted by molar-refractivity contribution is -0.145. The highest BCUT2D eigenvalue weighted by Crippen LogP contribution is 2.61. The minimum absolute atomic E-state index is 0.0530. The normalized spacial score (nSPS) is 36.5. The van der Waals surface area contributed by atoms with Crippen LogP contribution in [0.4, 0.5) is 0 Å². The highest BCUT2D eigenvalue weighted by Gasteiger charge is 2.54. The first-order valence-corrected chi connectivity index (χ1v) is 12.0. The number of methoxy groups -OCH3 is 1. The smallest absolute Gasteiger partial charge is 0.308 e. The van der Waals surface area contributed by atoms with Crippen LogP contribution in [-0.2, 0) is 19.1 Å². The molecule has 166 valence electrons. The van der Waals surface area contributed by atoms with Gasteiger partial charge in [0.1, 0.15) is 0 Å². The second kappa shape index (κ2) is 8.61. The third-order valence-electron chi connectivity index (χ3n) is 8.84. The molecule has 0 aromatic heterocycles. The third kappa shape index (κ3) is 3.81. The van der Waals surface area contributed by atoms with Gasteiger partial charge in [-0.2, -0.15) is 0 Å². The van der Waals surface area contributed by atoms with E-state index in [1.807, 2.05) is 13.0 Å². The Balaban J connectivity index is 1.41. The van der Waals surface area contributed by atoms with E-state index in [1.165, 1.54) is 37.5 Å². The van der Waals surface area contributed by atoms with Crippen molar-refractivity contribution in [3.8, 4) is 0 Å². The van der Waals surface area contributed by atoms with Gasteiger partial charge in [-0.1, -0.05) is 19.4 Å². The van der Waals surface area contributed by atoms with E-state index in [-0.39, 0.29) is 17.3 Å². The Bertz CT molecular complexity index is 763. The van der Waals surface area contributed by atoms with Crippen LogP contribution >= 0.6 is 0 Å². The molecule has 2 fully saturated rings. The molecule has 0 amide bonds. The maximum atomic E-state index is 12.0. The van der Waals surface area contributed by atoms with Gasteiger partial charge in [0.15, 0.2) is 5.78 Å². The first-order chi connectivity index (χ1) is 14.3. The predicted molar refractivity (Wildman–Crippen MR) is 117 cm³/mol. The van der Waals surface area contributed by atoms with Crippen LogP contribution in [0.15, 0.2) is 22.8 Å². The van der Waals surface area contributed by atoms with Crippen LogP contribution in [0.25, 0.3) is 0 Å².